The van der Waals surface area contributed by atoms with E-state index in [1.165, 1.54) is 16.9 Å². The van der Waals surface area contributed by atoms with Gasteiger partial charge in [0.15, 0.2) is 0 Å². The number of amides is 1. The highest BCUT2D eigenvalue weighted by atomic mass is 16.4. The largest absolute Gasteiger partial charge is 0.480 e. The standard InChI is InChI=1S/C11H17N3O3/c1-8(2)3-5-12-11(17)9-4-6-14(13-9)7-10(15)16/h4,6,8H,3,5,7H2,1-2H3,(H,12,17)(H,15,16). The molecule has 1 rings (SSSR count). The van der Waals surface area contributed by atoms with Crippen LogP contribution in [0.3, 0.4) is 0 Å². The fraction of sp³-hybridized carbons (Fsp3) is 0.545. The Labute approximate surface area is 99.6 Å². The van der Waals surface area contributed by atoms with Crippen molar-refractivity contribution in [3.8, 4) is 0 Å². The van der Waals surface area contributed by atoms with E-state index >= 15 is 0 Å². The van der Waals surface area contributed by atoms with Crippen molar-refractivity contribution in [2.75, 3.05) is 6.54 Å². The fourth-order valence-corrected chi connectivity index (χ4v) is 1.27. The smallest absolute Gasteiger partial charge is 0.325 e. The Morgan fingerprint density at radius 3 is 2.82 bits per heavy atom. The second-order valence-electron chi connectivity index (χ2n) is 4.23. The average Bonchev–Trinajstić information content (AvgIpc) is 2.64. The van der Waals surface area contributed by atoms with Crippen molar-refractivity contribution in [1.82, 2.24) is 15.1 Å². The number of carbonyl (C=O) groups excluding carboxylic acids is 1. The van der Waals surface area contributed by atoms with Gasteiger partial charge in [0, 0.05) is 12.7 Å². The van der Waals surface area contributed by atoms with E-state index in [0.717, 1.165) is 6.42 Å². The monoisotopic (exact) mass is 239 g/mol. The third-order valence-electron chi connectivity index (χ3n) is 2.18. The number of carboxylic acids is 1. The number of hydrogen-bond acceptors (Lipinski definition) is 3. The lowest BCUT2D eigenvalue weighted by Crippen LogP contribution is -2.26. The van der Waals surface area contributed by atoms with Gasteiger partial charge in [0.05, 0.1) is 0 Å². The molecule has 0 atom stereocenters. The summed E-state index contributed by atoms with van der Waals surface area (Å²) in [5.74, 6) is -0.727. The Kier molecular flexibility index (Phi) is 4.68. The Balaban J connectivity index is 2.46. The van der Waals surface area contributed by atoms with Gasteiger partial charge in [-0.1, -0.05) is 13.8 Å². The van der Waals surface area contributed by atoms with Crippen LogP contribution in [-0.2, 0) is 11.3 Å². The number of carboxylic acid groups (broad SMARTS) is 1. The molecule has 1 amide bonds. The molecule has 1 aromatic rings. The number of rotatable bonds is 6. The summed E-state index contributed by atoms with van der Waals surface area (Å²) in [6.07, 6.45) is 2.38. The maximum atomic E-state index is 11.6. The Morgan fingerprint density at radius 1 is 1.53 bits per heavy atom. The normalized spacial score (nSPS) is 10.5. The molecule has 6 heteroatoms. The quantitative estimate of drug-likeness (QED) is 0.767. The van der Waals surface area contributed by atoms with Crippen LogP contribution in [0.5, 0.6) is 0 Å². The van der Waals surface area contributed by atoms with Crippen LogP contribution in [0.1, 0.15) is 30.8 Å². The third-order valence-corrected chi connectivity index (χ3v) is 2.18. The summed E-state index contributed by atoms with van der Waals surface area (Å²) < 4.78 is 1.22. The summed E-state index contributed by atoms with van der Waals surface area (Å²) in [4.78, 5) is 22.0. The van der Waals surface area contributed by atoms with Crippen molar-refractivity contribution < 1.29 is 14.7 Å². The van der Waals surface area contributed by atoms with E-state index in [-0.39, 0.29) is 18.1 Å². The van der Waals surface area contributed by atoms with Gasteiger partial charge in [0.2, 0.25) is 0 Å². The van der Waals surface area contributed by atoms with Crippen molar-refractivity contribution in [3.63, 3.8) is 0 Å². The van der Waals surface area contributed by atoms with Crippen LogP contribution in [0, 0.1) is 5.92 Å². The lowest BCUT2D eigenvalue weighted by atomic mass is 10.1. The Morgan fingerprint density at radius 2 is 2.24 bits per heavy atom. The molecular weight excluding hydrogens is 222 g/mol. The summed E-state index contributed by atoms with van der Waals surface area (Å²) in [5, 5.41) is 15.2. The molecule has 6 nitrogen and oxygen atoms in total. The molecule has 0 aliphatic carbocycles. The Hall–Kier alpha value is -1.85. The first-order valence-corrected chi connectivity index (χ1v) is 5.52. The van der Waals surface area contributed by atoms with Crippen molar-refractivity contribution in [1.29, 1.82) is 0 Å². The summed E-state index contributed by atoms with van der Waals surface area (Å²) in [7, 11) is 0. The van der Waals surface area contributed by atoms with E-state index in [9.17, 15) is 9.59 Å². The maximum Gasteiger partial charge on any atom is 0.325 e. The molecule has 2 N–H and O–H groups in total. The zero-order valence-electron chi connectivity index (χ0n) is 10.0. The van der Waals surface area contributed by atoms with Crippen molar-refractivity contribution in [3.05, 3.63) is 18.0 Å². The minimum atomic E-state index is -0.986. The van der Waals surface area contributed by atoms with Crippen LogP contribution in [-0.4, -0.2) is 33.3 Å². The van der Waals surface area contributed by atoms with Gasteiger partial charge in [-0.2, -0.15) is 5.10 Å². The number of nitrogens with one attached hydrogen (secondary N) is 1. The molecule has 0 spiro atoms. The van der Waals surface area contributed by atoms with Gasteiger partial charge in [-0.05, 0) is 18.4 Å². The van der Waals surface area contributed by atoms with Crippen LogP contribution >= 0.6 is 0 Å². The number of nitrogens with zero attached hydrogens (tertiary/aromatic N) is 2. The summed E-state index contributed by atoms with van der Waals surface area (Å²) in [6.45, 7) is 4.52. The van der Waals surface area contributed by atoms with Gasteiger partial charge in [0.25, 0.3) is 5.91 Å². The molecule has 0 saturated heterocycles. The van der Waals surface area contributed by atoms with Crippen LogP contribution in [0.2, 0.25) is 0 Å². The molecule has 1 heterocycles. The topological polar surface area (TPSA) is 84.2 Å². The number of carbonyl (C=O) groups is 2. The minimum Gasteiger partial charge on any atom is -0.480 e. The number of aromatic nitrogens is 2. The maximum absolute atomic E-state index is 11.6. The first-order valence-electron chi connectivity index (χ1n) is 5.52. The highest BCUT2D eigenvalue weighted by Gasteiger charge is 2.10. The molecule has 17 heavy (non-hydrogen) atoms. The molecule has 0 aliphatic rings. The number of aliphatic carboxylic acids is 1. The first kappa shape index (κ1) is 13.2. The van der Waals surface area contributed by atoms with Crippen LogP contribution < -0.4 is 5.32 Å². The predicted octanol–water partition coefficient (Wildman–Crippen LogP) is 0.744. The molecule has 0 aromatic carbocycles. The van der Waals surface area contributed by atoms with Crippen molar-refractivity contribution >= 4 is 11.9 Å². The first-order chi connectivity index (χ1) is 7.99. The zero-order chi connectivity index (χ0) is 12.8. The van der Waals surface area contributed by atoms with Crippen LogP contribution in [0.4, 0.5) is 0 Å². The lowest BCUT2D eigenvalue weighted by molar-refractivity contribution is -0.137. The van der Waals surface area contributed by atoms with Gasteiger partial charge in [0.1, 0.15) is 12.2 Å². The van der Waals surface area contributed by atoms with E-state index in [2.05, 4.69) is 24.3 Å². The molecule has 0 radical (unpaired) electrons. The summed E-state index contributed by atoms with van der Waals surface area (Å²) in [5.41, 5.74) is 0.245. The molecule has 0 fully saturated rings. The molecule has 0 saturated carbocycles. The zero-order valence-corrected chi connectivity index (χ0v) is 10.0. The molecule has 0 bridgehead atoms. The Bertz CT molecular complexity index is 398. The molecule has 1 aromatic heterocycles. The highest BCUT2D eigenvalue weighted by Crippen LogP contribution is 1.99. The van der Waals surface area contributed by atoms with E-state index < -0.39 is 5.97 Å². The van der Waals surface area contributed by atoms with Crippen LogP contribution in [0.25, 0.3) is 0 Å². The van der Waals surface area contributed by atoms with E-state index in [4.69, 9.17) is 5.11 Å². The number of hydrogen-bond donors (Lipinski definition) is 2. The van der Waals surface area contributed by atoms with Crippen molar-refractivity contribution in [2.45, 2.75) is 26.8 Å². The van der Waals surface area contributed by atoms with Gasteiger partial charge < -0.3 is 10.4 Å². The SMILES string of the molecule is CC(C)CCNC(=O)c1ccn(CC(=O)O)n1. The van der Waals surface area contributed by atoms with Gasteiger partial charge in [-0.3, -0.25) is 14.3 Å². The molecular formula is C11H17N3O3. The summed E-state index contributed by atoms with van der Waals surface area (Å²) in [6, 6.07) is 1.51. The second-order valence-corrected chi connectivity index (χ2v) is 4.23. The van der Waals surface area contributed by atoms with Crippen molar-refractivity contribution in [2.24, 2.45) is 5.92 Å². The average molecular weight is 239 g/mol. The third kappa shape index (κ3) is 4.67. The van der Waals surface area contributed by atoms with E-state index in [0.29, 0.717) is 12.5 Å². The highest BCUT2D eigenvalue weighted by molar-refractivity contribution is 5.92. The fourth-order valence-electron chi connectivity index (χ4n) is 1.27. The van der Waals surface area contributed by atoms with Gasteiger partial charge in [-0.25, -0.2) is 0 Å². The minimum absolute atomic E-state index is 0.237. The summed E-state index contributed by atoms with van der Waals surface area (Å²) >= 11 is 0. The molecule has 94 valence electrons. The van der Waals surface area contributed by atoms with Crippen LogP contribution in [0.15, 0.2) is 12.3 Å². The lowest BCUT2D eigenvalue weighted by Gasteiger charge is -2.05. The molecule has 0 unspecified atom stereocenters. The predicted molar refractivity (Wildman–Crippen MR) is 61.7 cm³/mol. The van der Waals surface area contributed by atoms with Gasteiger partial charge >= 0.3 is 5.97 Å². The van der Waals surface area contributed by atoms with E-state index in [1.807, 2.05) is 0 Å². The van der Waals surface area contributed by atoms with E-state index in [1.54, 1.807) is 0 Å². The molecule has 0 aliphatic heterocycles. The second kappa shape index (κ2) is 6.03. The van der Waals surface area contributed by atoms with Gasteiger partial charge in [-0.15, -0.1) is 0 Å².